The van der Waals surface area contributed by atoms with E-state index in [1.165, 1.54) is 37.7 Å². The van der Waals surface area contributed by atoms with Gasteiger partial charge in [0.05, 0.1) is 0 Å². The van der Waals surface area contributed by atoms with Gasteiger partial charge in [0.25, 0.3) is 0 Å². The zero-order valence-electron chi connectivity index (χ0n) is 17.6. The Morgan fingerprint density at radius 1 is 1.04 bits per heavy atom. The minimum Gasteiger partial charge on any atom is -0.417 e. The summed E-state index contributed by atoms with van der Waals surface area (Å²) in [6, 6.07) is 12.1. The molecule has 1 aromatic rings. The average molecular weight is 371 g/mol. The third-order valence-electron chi connectivity index (χ3n) is 8.48. The summed E-state index contributed by atoms with van der Waals surface area (Å²) >= 11 is 0. The Hall–Kier alpha value is -0.603. The highest BCUT2D eigenvalue weighted by Gasteiger charge is 2.64. The second-order valence-corrected chi connectivity index (χ2v) is 15.2. The molecule has 3 fully saturated rings. The fourth-order valence-electron chi connectivity index (χ4n) is 7.34. The van der Waals surface area contributed by atoms with Gasteiger partial charge in [-0.3, -0.25) is 0 Å². The Labute approximate surface area is 162 Å². The smallest absolute Gasteiger partial charge is 0.191 e. The van der Waals surface area contributed by atoms with Crippen LogP contribution in [0, 0.1) is 34.5 Å². The number of hydrogen-bond acceptors (Lipinski definition) is 1. The monoisotopic (exact) mass is 370 g/mol. The van der Waals surface area contributed by atoms with Crippen molar-refractivity contribution in [3.8, 4) is 0 Å². The zero-order chi connectivity index (χ0) is 18.6. The van der Waals surface area contributed by atoms with Crippen LogP contribution >= 0.6 is 0 Å². The van der Waals surface area contributed by atoms with Gasteiger partial charge in [0.15, 0.2) is 8.32 Å². The van der Waals surface area contributed by atoms with Crippen LogP contribution in [-0.2, 0) is 10.5 Å². The van der Waals surface area contributed by atoms with Crippen molar-refractivity contribution in [1.29, 1.82) is 0 Å². The first kappa shape index (κ1) is 18.7. The van der Waals surface area contributed by atoms with Crippen LogP contribution in [0.5, 0.6) is 0 Å². The van der Waals surface area contributed by atoms with Crippen molar-refractivity contribution in [1.82, 2.24) is 0 Å². The molecule has 4 rings (SSSR count). The van der Waals surface area contributed by atoms with E-state index in [4.69, 9.17) is 4.43 Å². The van der Waals surface area contributed by atoms with Crippen LogP contribution in [0.4, 0.5) is 0 Å². The SMILES string of the molecule is CC1(C)CCCC2(C)C(CO[Si](C)(C)Cc3ccccc3)C3CCC2C31. The molecule has 0 radical (unpaired) electrons. The summed E-state index contributed by atoms with van der Waals surface area (Å²) in [6.45, 7) is 13.6. The van der Waals surface area contributed by atoms with Crippen LogP contribution in [0.3, 0.4) is 0 Å². The highest BCUT2D eigenvalue weighted by atomic mass is 28.4. The molecule has 0 aromatic heterocycles. The van der Waals surface area contributed by atoms with E-state index in [9.17, 15) is 0 Å². The fraction of sp³-hybridized carbons (Fsp3) is 0.750. The van der Waals surface area contributed by atoms with Gasteiger partial charge in [-0.1, -0.05) is 57.5 Å². The van der Waals surface area contributed by atoms with Crippen LogP contribution in [-0.4, -0.2) is 14.9 Å². The van der Waals surface area contributed by atoms with E-state index >= 15 is 0 Å². The summed E-state index contributed by atoms with van der Waals surface area (Å²) in [5, 5.41) is 0. The fourth-order valence-corrected chi connectivity index (χ4v) is 9.29. The Morgan fingerprint density at radius 2 is 1.77 bits per heavy atom. The third-order valence-corrected chi connectivity index (χ3v) is 10.7. The Morgan fingerprint density at radius 3 is 2.50 bits per heavy atom. The summed E-state index contributed by atoms with van der Waals surface area (Å²) < 4.78 is 6.79. The second kappa shape index (κ2) is 6.48. The van der Waals surface area contributed by atoms with Gasteiger partial charge in [0.1, 0.15) is 0 Å². The van der Waals surface area contributed by atoms with E-state index < -0.39 is 8.32 Å². The molecule has 0 saturated heterocycles. The van der Waals surface area contributed by atoms with Crippen molar-refractivity contribution < 1.29 is 4.43 Å². The van der Waals surface area contributed by atoms with Crippen molar-refractivity contribution in [3.05, 3.63) is 35.9 Å². The Balaban J connectivity index is 1.48. The molecule has 1 nitrogen and oxygen atoms in total. The molecule has 5 unspecified atom stereocenters. The minimum atomic E-state index is -1.66. The van der Waals surface area contributed by atoms with Crippen LogP contribution in [0.25, 0.3) is 0 Å². The van der Waals surface area contributed by atoms with Crippen molar-refractivity contribution >= 4 is 8.32 Å². The number of hydrogen-bond donors (Lipinski definition) is 0. The molecule has 2 heteroatoms. The van der Waals surface area contributed by atoms with E-state index in [2.05, 4.69) is 64.2 Å². The Bertz CT molecular complexity index is 637. The van der Waals surface area contributed by atoms with E-state index in [1.54, 1.807) is 0 Å². The van der Waals surface area contributed by atoms with Gasteiger partial charge in [-0.15, -0.1) is 0 Å². The Kier molecular flexibility index (Phi) is 4.67. The molecule has 0 heterocycles. The van der Waals surface area contributed by atoms with Gasteiger partial charge < -0.3 is 4.43 Å². The predicted octanol–water partition coefficient (Wildman–Crippen LogP) is 6.48. The lowest BCUT2D eigenvalue weighted by Crippen LogP contribution is -2.42. The van der Waals surface area contributed by atoms with Gasteiger partial charge in [0, 0.05) is 6.61 Å². The highest BCUT2D eigenvalue weighted by molar-refractivity contribution is 6.70. The van der Waals surface area contributed by atoms with Crippen molar-refractivity contribution in [2.45, 2.75) is 72.0 Å². The molecule has 0 N–H and O–H groups in total. The van der Waals surface area contributed by atoms with E-state index in [-0.39, 0.29) is 0 Å². The number of benzene rings is 1. The third kappa shape index (κ3) is 3.11. The molecule has 3 aliphatic rings. The molecule has 0 spiro atoms. The predicted molar refractivity (Wildman–Crippen MR) is 113 cm³/mol. The maximum atomic E-state index is 6.79. The molecule has 5 atom stereocenters. The lowest BCUT2D eigenvalue weighted by Gasteiger charge is -2.43. The minimum absolute atomic E-state index is 0.537. The first-order valence-corrected chi connectivity index (χ1v) is 14.0. The largest absolute Gasteiger partial charge is 0.417 e. The second-order valence-electron chi connectivity index (χ2n) is 11.1. The summed E-state index contributed by atoms with van der Waals surface area (Å²) in [7, 11) is -1.66. The van der Waals surface area contributed by atoms with E-state index in [0.717, 1.165) is 36.3 Å². The van der Waals surface area contributed by atoms with Gasteiger partial charge in [0.2, 0.25) is 0 Å². The molecule has 3 aliphatic carbocycles. The van der Waals surface area contributed by atoms with E-state index in [0.29, 0.717) is 10.8 Å². The molecular formula is C24H38OSi. The lowest BCUT2D eigenvalue weighted by atomic mass is 9.65. The first-order chi connectivity index (χ1) is 12.2. The zero-order valence-corrected chi connectivity index (χ0v) is 18.6. The van der Waals surface area contributed by atoms with Crippen LogP contribution in [0.15, 0.2) is 30.3 Å². The summed E-state index contributed by atoms with van der Waals surface area (Å²) in [4.78, 5) is 0. The molecule has 4 bridgehead atoms. The molecule has 1 aromatic carbocycles. The normalized spacial score (nSPS) is 38.3. The van der Waals surface area contributed by atoms with Gasteiger partial charge >= 0.3 is 0 Å². The molecule has 144 valence electrons. The van der Waals surface area contributed by atoms with Gasteiger partial charge in [-0.25, -0.2) is 0 Å². The molecule has 0 aliphatic heterocycles. The van der Waals surface area contributed by atoms with Gasteiger partial charge in [-0.2, -0.15) is 0 Å². The summed E-state index contributed by atoms with van der Waals surface area (Å²) in [5.74, 6) is 3.62. The standard InChI is InChI=1S/C24H38OSi/c1-23(2)14-9-15-24(3)20-13-12-19(22(20)23)21(24)16-25-26(4,5)17-18-10-7-6-8-11-18/h6-8,10-11,19-22H,9,12-17H2,1-5H3. The molecule has 3 saturated carbocycles. The van der Waals surface area contributed by atoms with Crippen molar-refractivity contribution in [2.75, 3.05) is 6.61 Å². The molecule has 0 amide bonds. The van der Waals surface area contributed by atoms with E-state index in [1.807, 2.05) is 0 Å². The summed E-state index contributed by atoms with van der Waals surface area (Å²) in [6.07, 6.45) is 7.23. The molecule has 26 heavy (non-hydrogen) atoms. The van der Waals surface area contributed by atoms with Crippen LogP contribution < -0.4 is 0 Å². The topological polar surface area (TPSA) is 9.23 Å². The van der Waals surface area contributed by atoms with Crippen LogP contribution in [0.1, 0.15) is 58.4 Å². The van der Waals surface area contributed by atoms with Crippen molar-refractivity contribution in [2.24, 2.45) is 34.5 Å². The summed E-state index contributed by atoms with van der Waals surface area (Å²) in [5.41, 5.74) is 2.52. The number of rotatable bonds is 5. The highest BCUT2D eigenvalue weighted by Crippen LogP contribution is 2.70. The quantitative estimate of drug-likeness (QED) is 0.539. The molecular weight excluding hydrogens is 332 g/mol. The maximum Gasteiger partial charge on any atom is 0.191 e. The maximum absolute atomic E-state index is 6.79. The lowest BCUT2D eigenvalue weighted by molar-refractivity contribution is 0.0429. The average Bonchev–Trinajstić information content (AvgIpc) is 3.06. The van der Waals surface area contributed by atoms with Crippen LogP contribution in [0.2, 0.25) is 13.1 Å². The first-order valence-electron chi connectivity index (χ1n) is 10.9. The van der Waals surface area contributed by atoms with Gasteiger partial charge in [-0.05, 0) is 84.9 Å². The van der Waals surface area contributed by atoms with Crippen molar-refractivity contribution in [3.63, 3.8) is 0 Å².